The zero-order chi connectivity index (χ0) is 14.0. The van der Waals surface area contributed by atoms with E-state index >= 15 is 0 Å². The SMILES string of the molecule is CCOOC(=O)CC(CC)(CC)C(=O)OOCC. The molecule has 0 aliphatic carbocycles. The first kappa shape index (κ1) is 16.9. The summed E-state index contributed by atoms with van der Waals surface area (Å²) < 4.78 is 0. The Hall–Kier alpha value is -1.14. The molecule has 106 valence electrons. The Morgan fingerprint density at radius 2 is 1.39 bits per heavy atom. The van der Waals surface area contributed by atoms with Crippen molar-refractivity contribution in [3.8, 4) is 0 Å². The van der Waals surface area contributed by atoms with Crippen molar-refractivity contribution in [3.63, 3.8) is 0 Å². The van der Waals surface area contributed by atoms with Gasteiger partial charge in [-0.3, -0.25) is 9.78 Å². The molecular formula is C12H22O6. The Labute approximate surface area is 107 Å². The van der Waals surface area contributed by atoms with Gasteiger partial charge in [-0.1, -0.05) is 13.8 Å². The fourth-order valence-electron chi connectivity index (χ4n) is 1.49. The van der Waals surface area contributed by atoms with Gasteiger partial charge in [0.05, 0.1) is 25.0 Å². The highest BCUT2D eigenvalue weighted by Crippen LogP contribution is 2.32. The maximum absolute atomic E-state index is 11.9. The maximum atomic E-state index is 11.9. The standard InChI is InChI=1S/C12H22O6/c1-5-12(6-2,11(14)18-16-8-4)9-10(13)17-15-7-3/h5-9H2,1-4H3. The summed E-state index contributed by atoms with van der Waals surface area (Å²) >= 11 is 0. The molecule has 0 bridgehead atoms. The lowest BCUT2D eigenvalue weighted by molar-refractivity contribution is -0.284. The van der Waals surface area contributed by atoms with Crippen LogP contribution < -0.4 is 0 Å². The molecule has 0 aliphatic rings. The molecule has 0 N–H and O–H groups in total. The Bertz CT molecular complexity index is 259. The molecule has 18 heavy (non-hydrogen) atoms. The first-order chi connectivity index (χ1) is 8.56. The van der Waals surface area contributed by atoms with Crippen molar-refractivity contribution in [2.24, 2.45) is 5.41 Å². The van der Waals surface area contributed by atoms with Crippen LogP contribution in [-0.4, -0.2) is 25.2 Å². The number of carbonyl (C=O) groups excluding carboxylic acids is 2. The summed E-state index contributed by atoms with van der Waals surface area (Å²) in [6.07, 6.45) is 0.819. The van der Waals surface area contributed by atoms with Crippen molar-refractivity contribution in [1.82, 2.24) is 0 Å². The highest BCUT2D eigenvalue weighted by molar-refractivity contribution is 5.82. The smallest absolute Gasteiger partial charge is 0.298 e. The molecule has 0 aromatic carbocycles. The van der Waals surface area contributed by atoms with E-state index in [4.69, 9.17) is 0 Å². The van der Waals surface area contributed by atoms with Gasteiger partial charge in [-0.15, -0.1) is 0 Å². The summed E-state index contributed by atoms with van der Waals surface area (Å²) in [5, 5.41) is 0. The zero-order valence-electron chi connectivity index (χ0n) is 11.5. The number of hydrogen-bond acceptors (Lipinski definition) is 6. The lowest BCUT2D eigenvalue weighted by Crippen LogP contribution is -2.35. The topological polar surface area (TPSA) is 71.1 Å². The fourth-order valence-corrected chi connectivity index (χ4v) is 1.49. The lowest BCUT2D eigenvalue weighted by Gasteiger charge is -2.26. The van der Waals surface area contributed by atoms with Gasteiger partial charge in [-0.25, -0.2) is 9.59 Å². The molecule has 0 spiro atoms. The summed E-state index contributed by atoms with van der Waals surface area (Å²) in [7, 11) is 0. The molecule has 0 amide bonds. The molecule has 6 heteroatoms. The molecule has 0 fully saturated rings. The lowest BCUT2D eigenvalue weighted by atomic mass is 9.79. The van der Waals surface area contributed by atoms with E-state index in [1.54, 1.807) is 13.8 Å². The monoisotopic (exact) mass is 262 g/mol. The molecular weight excluding hydrogens is 240 g/mol. The summed E-state index contributed by atoms with van der Waals surface area (Å²) in [5.41, 5.74) is -0.927. The summed E-state index contributed by atoms with van der Waals surface area (Å²) in [6.45, 7) is 7.55. The van der Waals surface area contributed by atoms with Crippen molar-refractivity contribution < 1.29 is 29.1 Å². The van der Waals surface area contributed by atoms with Gasteiger partial charge in [-0.2, -0.15) is 9.78 Å². The van der Waals surface area contributed by atoms with Crippen molar-refractivity contribution in [2.75, 3.05) is 13.2 Å². The van der Waals surface area contributed by atoms with Crippen molar-refractivity contribution in [1.29, 1.82) is 0 Å². The molecule has 6 nitrogen and oxygen atoms in total. The quantitative estimate of drug-likeness (QED) is 0.468. The minimum Gasteiger partial charge on any atom is -0.298 e. The average Bonchev–Trinajstić information content (AvgIpc) is 2.39. The third-order valence-corrected chi connectivity index (χ3v) is 2.79. The zero-order valence-corrected chi connectivity index (χ0v) is 11.5. The van der Waals surface area contributed by atoms with Crippen LogP contribution in [-0.2, 0) is 29.1 Å². The van der Waals surface area contributed by atoms with Gasteiger partial charge in [-0.05, 0) is 26.7 Å². The number of hydrogen-bond donors (Lipinski definition) is 0. The molecule has 0 saturated heterocycles. The van der Waals surface area contributed by atoms with E-state index in [-0.39, 0.29) is 19.6 Å². The highest BCUT2D eigenvalue weighted by atomic mass is 17.2. The second-order valence-electron chi connectivity index (χ2n) is 3.80. The van der Waals surface area contributed by atoms with E-state index < -0.39 is 17.4 Å². The minimum absolute atomic E-state index is 0.0914. The number of rotatable bonds is 9. The van der Waals surface area contributed by atoms with Crippen LogP contribution in [0.25, 0.3) is 0 Å². The Balaban J connectivity index is 4.59. The maximum Gasteiger partial charge on any atom is 0.348 e. The highest BCUT2D eigenvalue weighted by Gasteiger charge is 2.40. The number of carbonyl (C=O) groups is 2. The van der Waals surface area contributed by atoms with E-state index in [9.17, 15) is 9.59 Å². The van der Waals surface area contributed by atoms with E-state index in [0.29, 0.717) is 12.8 Å². The fraction of sp³-hybridized carbons (Fsp3) is 0.833. The largest absolute Gasteiger partial charge is 0.348 e. The van der Waals surface area contributed by atoms with Gasteiger partial charge >= 0.3 is 11.9 Å². The first-order valence-corrected chi connectivity index (χ1v) is 6.22. The Kier molecular flexibility index (Phi) is 8.32. The van der Waals surface area contributed by atoms with Gasteiger partial charge in [0.1, 0.15) is 0 Å². The van der Waals surface area contributed by atoms with Crippen LogP contribution in [0.5, 0.6) is 0 Å². The van der Waals surface area contributed by atoms with E-state index in [0.717, 1.165) is 0 Å². The molecule has 0 heterocycles. The van der Waals surface area contributed by atoms with Crippen LogP contribution in [0.15, 0.2) is 0 Å². The second kappa shape index (κ2) is 8.88. The van der Waals surface area contributed by atoms with E-state index in [2.05, 4.69) is 19.6 Å². The summed E-state index contributed by atoms with van der Waals surface area (Å²) in [5.74, 6) is -1.14. The van der Waals surface area contributed by atoms with Crippen LogP contribution in [0.4, 0.5) is 0 Å². The van der Waals surface area contributed by atoms with Crippen molar-refractivity contribution in [2.45, 2.75) is 47.0 Å². The molecule has 0 atom stereocenters. The average molecular weight is 262 g/mol. The molecule has 0 rings (SSSR count). The van der Waals surface area contributed by atoms with E-state index in [1.165, 1.54) is 0 Å². The van der Waals surface area contributed by atoms with Crippen LogP contribution in [0.3, 0.4) is 0 Å². The van der Waals surface area contributed by atoms with Crippen LogP contribution >= 0.6 is 0 Å². The van der Waals surface area contributed by atoms with Crippen LogP contribution in [0.2, 0.25) is 0 Å². The van der Waals surface area contributed by atoms with Gasteiger partial charge in [0.25, 0.3) is 0 Å². The van der Waals surface area contributed by atoms with Crippen molar-refractivity contribution in [3.05, 3.63) is 0 Å². The van der Waals surface area contributed by atoms with Crippen LogP contribution in [0.1, 0.15) is 47.0 Å². The molecule has 0 aromatic rings. The third kappa shape index (κ3) is 5.01. The summed E-state index contributed by atoms with van der Waals surface area (Å²) in [4.78, 5) is 41.8. The van der Waals surface area contributed by atoms with Gasteiger partial charge in [0.15, 0.2) is 0 Å². The van der Waals surface area contributed by atoms with Crippen LogP contribution in [0, 0.1) is 5.41 Å². The molecule has 0 aliphatic heterocycles. The predicted molar refractivity (Wildman–Crippen MR) is 63.1 cm³/mol. The normalized spacial score (nSPS) is 11.1. The molecule has 0 unspecified atom stereocenters. The molecule has 0 radical (unpaired) electrons. The first-order valence-electron chi connectivity index (χ1n) is 6.22. The Morgan fingerprint density at radius 3 is 1.83 bits per heavy atom. The van der Waals surface area contributed by atoms with Gasteiger partial charge in [0.2, 0.25) is 0 Å². The van der Waals surface area contributed by atoms with Crippen molar-refractivity contribution >= 4 is 11.9 Å². The molecule has 0 saturated carbocycles. The third-order valence-electron chi connectivity index (χ3n) is 2.79. The molecule has 0 aromatic heterocycles. The Morgan fingerprint density at radius 1 is 0.889 bits per heavy atom. The second-order valence-corrected chi connectivity index (χ2v) is 3.80. The minimum atomic E-state index is -0.927. The van der Waals surface area contributed by atoms with Gasteiger partial charge < -0.3 is 0 Å². The van der Waals surface area contributed by atoms with E-state index in [1.807, 2.05) is 13.8 Å². The summed E-state index contributed by atoms with van der Waals surface area (Å²) in [6, 6.07) is 0. The predicted octanol–water partition coefficient (Wildman–Crippen LogP) is 2.17. The van der Waals surface area contributed by atoms with Gasteiger partial charge in [0, 0.05) is 0 Å².